The summed E-state index contributed by atoms with van der Waals surface area (Å²) in [7, 11) is 0. The Morgan fingerprint density at radius 2 is 2.05 bits per heavy atom. The smallest absolute Gasteiger partial charge is 0.287 e. The zero-order chi connectivity index (χ0) is 15.1. The van der Waals surface area contributed by atoms with Gasteiger partial charge in [0.2, 0.25) is 0 Å². The largest absolute Gasteiger partial charge is 0.440 e. The van der Waals surface area contributed by atoms with E-state index < -0.39 is 0 Å². The monoisotopic (exact) mass is 307 g/mol. The fourth-order valence-corrected chi connectivity index (χ4v) is 2.02. The Morgan fingerprint density at radius 3 is 2.71 bits per heavy atom. The normalized spacial score (nSPS) is 12.1. The van der Waals surface area contributed by atoms with Gasteiger partial charge in [-0.2, -0.15) is 0 Å². The van der Waals surface area contributed by atoms with Crippen molar-refractivity contribution >= 4 is 17.5 Å². The minimum Gasteiger partial charge on any atom is -0.440 e. The second kappa shape index (κ2) is 7.86. The lowest BCUT2D eigenvalue weighted by atomic mass is 10.1. The van der Waals surface area contributed by atoms with E-state index in [1.165, 1.54) is 0 Å². The molecule has 2 rings (SSSR count). The molecule has 1 amide bonds. The van der Waals surface area contributed by atoms with Crippen LogP contribution >= 0.6 is 11.6 Å². The van der Waals surface area contributed by atoms with Gasteiger partial charge in [0.1, 0.15) is 0 Å². The number of carbonyl (C=O) groups is 1. The standard InChI is InChI=1S/C16H18ClNO3/c1-12(13-6-3-2-4-7-13)20-11-5-10-18-16(19)14-8-9-15(17)21-14/h2-4,6-9,12H,5,10-11H2,1H3,(H,18,19). The van der Waals surface area contributed by atoms with Crippen molar-refractivity contribution in [1.29, 1.82) is 0 Å². The Balaban J connectivity index is 1.63. The van der Waals surface area contributed by atoms with Crippen molar-refractivity contribution in [3.63, 3.8) is 0 Å². The molecule has 0 aliphatic carbocycles. The van der Waals surface area contributed by atoms with E-state index >= 15 is 0 Å². The molecule has 1 aromatic carbocycles. The summed E-state index contributed by atoms with van der Waals surface area (Å²) in [4.78, 5) is 11.7. The molecule has 0 aliphatic rings. The van der Waals surface area contributed by atoms with Crippen LogP contribution in [0.3, 0.4) is 0 Å². The van der Waals surface area contributed by atoms with Gasteiger partial charge >= 0.3 is 0 Å². The molecule has 1 unspecified atom stereocenters. The minimum absolute atomic E-state index is 0.0470. The van der Waals surface area contributed by atoms with Gasteiger partial charge in [0.15, 0.2) is 11.0 Å². The summed E-state index contributed by atoms with van der Waals surface area (Å²) in [5, 5.41) is 2.96. The number of amides is 1. The molecular formula is C16H18ClNO3. The molecule has 1 N–H and O–H groups in total. The van der Waals surface area contributed by atoms with E-state index in [0.29, 0.717) is 13.2 Å². The number of ether oxygens (including phenoxy) is 1. The summed E-state index contributed by atoms with van der Waals surface area (Å²) in [5.74, 6) is -0.0448. The van der Waals surface area contributed by atoms with Crippen LogP contribution in [0.2, 0.25) is 5.22 Å². The van der Waals surface area contributed by atoms with Crippen LogP contribution in [0.1, 0.15) is 35.6 Å². The highest BCUT2D eigenvalue weighted by Crippen LogP contribution is 2.16. The molecule has 0 spiro atoms. The maximum absolute atomic E-state index is 11.7. The number of hydrogen-bond acceptors (Lipinski definition) is 3. The van der Waals surface area contributed by atoms with Crippen LogP contribution < -0.4 is 5.32 Å². The summed E-state index contributed by atoms with van der Waals surface area (Å²) in [6.45, 7) is 3.12. The van der Waals surface area contributed by atoms with Crippen LogP contribution in [0.5, 0.6) is 0 Å². The second-order valence-electron chi connectivity index (χ2n) is 4.64. The number of rotatable bonds is 7. The molecule has 0 fully saturated rings. The van der Waals surface area contributed by atoms with Gasteiger partial charge in [-0.15, -0.1) is 0 Å². The highest BCUT2D eigenvalue weighted by molar-refractivity contribution is 6.29. The number of nitrogens with one attached hydrogen (secondary N) is 1. The predicted octanol–water partition coefficient (Wildman–Crippen LogP) is 3.83. The average Bonchev–Trinajstić information content (AvgIpc) is 2.94. The summed E-state index contributed by atoms with van der Waals surface area (Å²) in [6, 6.07) is 13.1. The summed E-state index contributed by atoms with van der Waals surface area (Å²) in [6.07, 6.45) is 0.781. The van der Waals surface area contributed by atoms with Gasteiger partial charge in [-0.1, -0.05) is 30.3 Å². The topological polar surface area (TPSA) is 51.5 Å². The van der Waals surface area contributed by atoms with Gasteiger partial charge in [-0.25, -0.2) is 0 Å². The van der Waals surface area contributed by atoms with Gasteiger partial charge < -0.3 is 14.5 Å². The number of benzene rings is 1. The molecule has 5 heteroatoms. The van der Waals surface area contributed by atoms with Gasteiger partial charge in [0, 0.05) is 13.2 Å². The lowest BCUT2D eigenvalue weighted by Crippen LogP contribution is -2.24. The van der Waals surface area contributed by atoms with Crippen LogP contribution in [-0.2, 0) is 4.74 Å². The van der Waals surface area contributed by atoms with Crippen LogP contribution in [0, 0.1) is 0 Å². The molecule has 0 aliphatic heterocycles. The summed E-state index contributed by atoms with van der Waals surface area (Å²) >= 11 is 5.61. The zero-order valence-electron chi connectivity index (χ0n) is 11.8. The van der Waals surface area contributed by atoms with Crippen molar-refractivity contribution in [1.82, 2.24) is 5.32 Å². The first-order valence-corrected chi connectivity index (χ1v) is 7.24. The van der Waals surface area contributed by atoms with E-state index in [-0.39, 0.29) is 23.0 Å². The minimum atomic E-state index is -0.266. The van der Waals surface area contributed by atoms with Crippen molar-refractivity contribution < 1.29 is 13.9 Å². The summed E-state index contributed by atoms with van der Waals surface area (Å²) < 4.78 is 10.7. The molecule has 1 aromatic heterocycles. The number of furan rings is 1. The van der Waals surface area contributed by atoms with E-state index in [9.17, 15) is 4.79 Å². The molecule has 0 radical (unpaired) electrons. The van der Waals surface area contributed by atoms with Crippen LogP contribution in [0.25, 0.3) is 0 Å². The molecule has 112 valence electrons. The molecule has 0 saturated carbocycles. The van der Waals surface area contributed by atoms with Crippen molar-refractivity contribution in [3.8, 4) is 0 Å². The molecule has 0 saturated heterocycles. The van der Waals surface area contributed by atoms with Crippen LogP contribution in [0.4, 0.5) is 0 Å². The van der Waals surface area contributed by atoms with E-state index in [0.717, 1.165) is 12.0 Å². The fourth-order valence-electron chi connectivity index (χ4n) is 1.88. The molecule has 1 heterocycles. The lowest BCUT2D eigenvalue weighted by molar-refractivity contribution is 0.0633. The Kier molecular flexibility index (Phi) is 5.84. The number of hydrogen-bond donors (Lipinski definition) is 1. The lowest BCUT2D eigenvalue weighted by Gasteiger charge is -2.13. The van der Waals surface area contributed by atoms with Crippen molar-refractivity contribution in [2.75, 3.05) is 13.2 Å². The third-order valence-corrected chi connectivity index (χ3v) is 3.24. The average molecular weight is 308 g/mol. The fraction of sp³-hybridized carbons (Fsp3) is 0.312. The molecule has 4 nitrogen and oxygen atoms in total. The highest BCUT2D eigenvalue weighted by Gasteiger charge is 2.09. The Labute approximate surface area is 129 Å². The van der Waals surface area contributed by atoms with E-state index in [2.05, 4.69) is 5.32 Å². The maximum Gasteiger partial charge on any atom is 0.287 e. The summed E-state index contributed by atoms with van der Waals surface area (Å²) in [5.41, 5.74) is 1.15. The van der Waals surface area contributed by atoms with Crippen molar-refractivity contribution in [3.05, 3.63) is 59.0 Å². The molecule has 2 aromatic rings. The highest BCUT2D eigenvalue weighted by atomic mass is 35.5. The predicted molar refractivity (Wildman–Crippen MR) is 81.5 cm³/mol. The van der Waals surface area contributed by atoms with E-state index in [1.54, 1.807) is 12.1 Å². The van der Waals surface area contributed by atoms with Crippen molar-refractivity contribution in [2.45, 2.75) is 19.4 Å². The van der Waals surface area contributed by atoms with E-state index in [1.807, 2.05) is 37.3 Å². The molecule has 21 heavy (non-hydrogen) atoms. The van der Waals surface area contributed by atoms with Gasteiger partial charge in [-0.05, 0) is 42.6 Å². The van der Waals surface area contributed by atoms with Gasteiger partial charge in [0.05, 0.1) is 6.10 Å². The van der Waals surface area contributed by atoms with Crippen LogP contribution in [-0.4, -0.2) is 19.1 Å². The maximum atomic E-state index is 11.7. The first-order valence-electron chi connectivity index (χ1n) is 6.87. The van der Waals surface area contributed by atoms with Gasteiger partial charge in [0.25, 0.3) is 5.91 Å². The Bertz CT molecular complexity index is 568. The Morgan fingerprint density at radius 1 is 1.29 bits per heavy atom. The Hall–Kier alpha value is -1.78. The second-order valence-corrected chi connectivity index (χ2v) is 5.01. The zero-order valence-corrected chi connectivity index (χ0v) is 12.6. The third-order valence-electron chi connectivity index (χ3n) is 3.04. The first-order chi connectivity index (χ1) is 10.2. The number of carbonyl (C=O) groups excluding carboxylic acids is 1. The van der Waals surface area contributed by atoms with Crippen LogP contribution in [0.15, 0.2) is 46.9 Å². The quantitative estimate of drug-likeness (QED) is 0.791. The number of halogens is 1. The molecule has 1 atom stereocenters. The van der Waals surface area contributed by atoms with E-state index in [4.69, 9.17) is 20.8 Å². The van der Waals surface area contributed by atoms with Crippen molar-refractivity contribution in [2.24, 2.45) is 0 Å². The molecular weight excluding hydrogens is 290 g/mol. The third kappa shape index (κ3) is 4.92. The molecule has 0 bridgehead atoms. The SMILES string of the molecule is CC(OCCCNC(=O)c1ccc(Cl)o1)c1ccccc1. The van der Waals surface area contributed by atoms with Gasteiger partial charge in [-0.3, -0.25) is 4.79 Å². The first kappa shape index (κ1) is 15.6.